The van der Waals surface area contributed by atoms with Gasteiger partial charge in [-0.25, -0.2) is 0 Å². The van der Waals surface area contributed by atoms with Gasteiger partial charge in [0, 0.05) is 4.47 Å². The Bertz CT molecular complexity index is 350. The van der Waals surface area contributed by atoms with Crippen LogP contribution in [0.4, 0.5) is 0 Å². The first-order valence-electron chi connectivity index (χ1n) is 5.95. The van der Waals surface area contributed by atoms with Crippen LogP contribution in [0.15, 0.2) is 22.7 Å². The van der Waals surface area contributed by atoms with Crippen molar-refractivity contribution in [3.8, 4) is 5.75 Å². The molecule has 88 valence electrons. The zero-order valence-corrected chi connectivity index (χ0v) is 11.0. The van der Waals surface area contributed by atoms with E-state index in [1.807, 2.05) is 6.07 Å². The molecule has 0 spiro atoms. The molecule has 0 heterocycles. The molecule has 1 aliphatic rings. The topological polar surface area (TPSA) is 35.2 Å². The second-order valence-electron chi connectivity index (χ2n) is 4.32. The van der Waals surface area contributed by atoms with Crippen molar-refractivity contribution < 1.29 is 4.74 Å². The minimum atomic E-state index is 0.467. The Hall–Kier alpha value is -0.540. The Morgan fingerprint density at radius 1 is 1.31 bits per heavy atom. The molecule has 0 aromatic heterocycles. The molecule has 0 aliphatic heterocycles. The molecule has 16 heavy (non-hydrogen) atoms. The number of halogens is 1. The predicted molar refractivity (Wildman–Crippen MR) is 69.8 cm³/mol. The average molecular weight is 284 g/mol. The molecule has 0 bridgehead atoms. The summed E-state index contributed by atoms with van der Waals surface area (Å²) < 4.78 is 7.01. The summed E-state index contributed by atoms with van der Waals surface area (Å²) in [6.07, 6.45) is 6.15. The van der Waals surface area contributed by atoms with Crippen LogP contribution in [0, 0.1) is 0 Å². The quantitative estimate of drug-likeness (QED) is 0.814. The van der Waals surface area contributed by atoms with E-state index in [2.05, 4.69) is 28.1 Å². The van der Waals surface area contributed by atoms with Crippen molar-refractivity contribution in [2.24, 2.45) is 5.73 Å². The molecule has 0 unspecified atom stereocenters. The fourth-order valence-corrected chi connectivity index (χ4v) is 2.09. The first-order valence-corrected chi connectivity index (χ1v) is 6.74. The molecule has 2 nitrogen and oxygen atoms in total. The number of benzene rings is 1. The molecule has 1 saturated carbocycles. The second-order valence-corrected chi connectivity index (χ2v) is 5.23. The lowest BCUT2D eigenvalue weighted by Crippen LogP contribution is -2.02. The van der Waals surface area contributed by atoms with Crippen molar-refractivity contribution in [2.45, 2.75) is 38.2 Å². The lowest BCUT2D eigenvalue weighted by molar-refractivity contribution is 0.299. The van der Waals surface area contributed by atoms with Crippen LogP contribution in [0.25, 0.3) is 0 Å². The van der Waals surface area contributed by atoms with Crippen molar-refractivity contribution in [3.63, 3.8) is 0 Å². The highest BCUT2D eigenvalue weighted by atomic mass is 79.9. The molecular weight excluding hydrogens is 266 g/mol. The third-order valence-corrected chi connectivity index (χ3v) is 3.23. The third kappa shape index (κ3) is 3.49. The van der Waals surface area contributed by atoms with Gasteiger partial charge in [-0.05, 0) is 62.4 Å². The van der Waals surface area contributed by atoms with E-state index in [4.69, 9.17) is 10.5 Å². The first kappa shape index (κ1) is 11.9. The lowest BCUT2D eigenvalue weighted by atomic mass is 10.1. The smallest absolute Gasteiger partial charge is 0.122 e. The van der Waals surface area contributed by atoms with Crippen molar-refractivity contribution in [3.05, 3.63) is 28.2 Å². The maximum Gasteiger partial charge on any atom is 0.122 e. The Morgan fingerprint density at radius 3 is 2.81 bits per heavy atom. The van der Waals surface area contributed by atoms with Crippen molar-refractivity contribution in [2.75, 3.05) is 6.54 Å². The molecule has 0 radical (unpaired) electrons. The van der Waals surface area contributed by atoms with Crippen LogP contribution in [-0.4, -0.2) is 12.6 Å². The van der Waals surface area contributed by atoms with E-state index in [1.54, 1.807) is 0 Å². The minimum Gasteiger partial charge on any atom is -0.490 e. The SMILES string of the molecule is NCCCCc1cc(Br)ccc1OC1CC1. The number of unbranched alkanes of at least 4 members (excludes halogenated alkanes) is 1. The van der Waals surface area contributed by atoms with Gasteiger partial charge >= 0.3 is 0 Å². The Morgan fingerprint density at radius 2 is 2.12 bits per heavy atom. The number of nitrogens with two attached hydrogens (primary N) is 1. The third-order valence-electron chi connectivity index (χ3n) is 2.74. The minimum absolute atomic E-state index is 0.467. The molecule has 0 amide bonds. The van der Waals surface area contributed by atoms with E-state index < -0.39 is 0 Å². The summed E-state index contributed by atoms with van der Waals surface area (Å²) >= 11 is 3.51. The van der Waals surface area contributed by atoms with Gasteiger partial charge in [-0.3, -0.25) is 0 Å². The van der Waals surface area contributed by atoms with Crippen LogP contribution < -0.4 is 10.5 Å². The molecule has 1 aromatic carbocycles. The molecule has 2 N–H and O–H groups in total. The number of hydrogen-bond acceptors (Lipinski definition) is 2. The van der Waals surface area contributed by atoms with Gasteiger partial charge in [-0.2, -0.15) is 0 Å². The zero-order valence-electron chi connectivity index (χ0n) is 9.42. The lowest BCUT2D eigenvalue weighted by Gasteiger charge is -2.11. The van der Waals surface area contributed by atoms with Gasteiger partial charge in [0.1, 0.15) is 5.75 Å². The van der Waals surface area contributed by atoms with Crippen LogP contribution >= 0.6 is 15.9 Å². The van der Waals surface area contributed by atoms with E-state index >= 15 is 0 Å². The van der Waals surface area contributed by atoms with Crippen LogP contribution in [0.3, 0.4) is 0 Å². The normalized spacial score (nSPS) is 15.1. The van der Waals surface area contributed by atoms with Gasteiger partial charge in [0.25, 0.3) is 0 Å². The molecular formula is C13H18BrNO. The zero-order chi connectivity index (χ0) is 11.4. The summed E-state index contributed by atoms with van der Waals surface area (Å²) in [5.74, 6) is 1.06. The largest absolute Gasteiger partial charge is 0.490 e. The highest BCUT2D eigenvalue weighted by Gasteiger charge is 2.24. The number of aryl methyl sites for hydroxylation is 1. The molecule has 1 aromatic rings. The summed E-state index contributed by atoms with van der Waals surface area (Å²) in [7, 11) is 0. The summed E-state index contributed by atoms with van der Waals surface area (Å²) in [6, 6.07) is 6.28. The van der Waals surface area contributed by atoms with E-state index in [9.17, 15) is 0 Å². The van der Waals surface area contributed by atoms with Crippen molar-refractivity contribution in [1.82, 2.24) is 0 Å². The first-order chi connectivity index (χ1) is 7.79. The number of ether oxygens (including phenoxy) is 1. The van der Waals surface area contributed by atoms with Crippen LogP contribution in [0.2, 0.25) is 0 Å². The van der Waals surface area contributed by atoms with Crippen LogP contribution in [0.5, 0.6) is 5.75 Å². The van der Waals surface area contributed by atoms with Gasteiger partial charge in [-0.1, -0.05) is 15.9 Å². The summed E-state index contributed by atoms with van der Waals surface area (Å²) in [6.45, 7) is 0.771. The van der Waals surface area contributed by atoms with E-state index in [1.165, 1.54) is 18.4 Å². The van der Waals surface area contributed by atoms with Crippen LogP contribution in [0.1, 0.15) is 31.2 Å². The van der Waals surface area contributed by atoms with Gasteiger partial charge in [-0.15, -0.1) is 0 Å². The monoisotopic (exact) mass is 283 g/mol. The summed E-state index contributed by atoms with van der Waals surface area (Å²) in [4.78, 5) is 0. The van der Waals surface area contributed by atoms with E-state index in [0.29, 0.717) is 6.10 Å². The van der Waals surface area contributed by atoms with Gasteiger partial charge in [0.05, 0.1) is 6.10 Å². The Kier molecular flexibility index (Phi) is 4.24. The van der Waals surface area contributed by atoms with Crippen molar-refractivity contribution >= 4 is 15.9 Å². The van der Waals surface area contributed by atoms with Gasteiger partial charge in [0.15, 0.2) is 0 Å². The predicted octanol–water partition coefficient (Wildman–Crippen LogP) is 3.27. The standard InChI is InChI=1S/C13H18BrNO/c14-11-4-7-13(16-12-5-6-12)10(9-11)3-1-2-8-15/h4,7,9,12H,1-3,5-6,8,15H2. The van der Waals surface area contributed by atoms with Gasteiger partial charge < -0.3 is 10.5 Å². The summed E-state index contributed by atoms with van der Waals surface area (Å²) in [5, 5.41) is 0. The fraction of sp³-hybridized carbons (Fsp3) is 0.538. The van der Waals surface area contributed by atoms with E-state index in [0.717, 1.165) is 36.0 Å². The number of hydrogen-bond donors (Lipinski definition) is 1. The molecule has 2 rings (SSSR count). The average Bonchev–Trinajstić information content (AvgIpc) is 3.06. The number of rotatable bonds is 6. The second kappa shape index (κ2) is 5.69. The summed E-state index contributed by atoms with van der Waals surface area (Å²) in [5.41, 5.74) is 6.81. The molecule has 3 heteroatoms. The maximum absolute atomic E-state index is 5.89. The Balaban J connectivity index is 2.02. The van der Waals surface area contributed by atoms with Crippen molar-refractivity contribution in [1.29, 1.82) is 0 Å². The van der Waals surface area contributed by atoms with E-state index in [-0.39, 0.29) is 0 Å². The Labute approximate surface area is 105 Å². The molecule has 1 fully saturated rings. The van der Waals surface area contributed by atoms with Gasteiger partial charge in [0.2, 0.25) is 0 Å². The molecule has 1 aliphatic carbocycles. The van der Waals surface area contributed by atoms with Crippen LogP contribution in [-0.2, 0) is 6.42 Å². The maximum atomic E-state index is 5.89. The highest BCUT2D eigenvalue weighted by Crippen LogP contribution is 2.31. The molecule has 0 saturated heterocycles. The molecule has 0 atom stereocenters. The highest BCUT2D eigenvalue weighted by molar-refractivity contribution is 9.10. The fourth-order valence-electron chi connectivity index (χ4n) is 1.68.